The molecule has 0 saturated heterocycles. The van der Waals surface area contributed by atoms with E-state index in [0.29, 0.717) is 17.7 Å². The number of anilines is 1. The standard InChI is InChI=1S/C11H11NO2/c1-12-6-8(7-13)11(14)9-4-2-3-5-10(9)12/h2-5,7,13H,6H2,1H3/b8-7-. The molecule has 1 N–H and O–H groups in total. The Morgan fingerprint density at radius 1 is 1.43 bits per heavy atom. The molecular formula is C11H11NO2. The number of ketones is 1. The quantitative estimate of drug-likeness (QED) is 0.499. The summed E-state index contributed by atoms with van der Waals surface area (Å²) in [5.41, 5.74) is 2.01. The lowest BCUT2D eigenvalue weighted by Crippen LogP contribution is -2.30. The topological polar surface area (TPSA) is 40.5 Å². The summed E-state index contributed by atoms with van der Waals surface area (Å²) in [6.45, 7) is 0.465. The molecule has 1 aliphatic rings. The third kappa shape index (κ3) is 1.18. The van der Waals surface area contributed by atoms with E-state index in [2.05, 4.69) is 0 Å². The summed E-state index contributed by atoms with van der Waals surface area (Å²) in [5.74, 6) is -0.0822. The molecule has 0 amide bonds. The second-order valence-corrected chi connectivity index (χ2v) is 3.36. The van der Waals surface area contributed by atoms with Gasteiger partial charge in [0.2, 0.25) is 0 Å². The molecule has 0 fully saturated rings. The van der Waals surface area contributed by atoms with Gasteiger partial charge in [0.25, 0.3) is 0 Å². The van der Waals surface area contributed by atoms with Crippen LogP contribution in [0.15, 0.2) is 36.1 Å². The SMILES string of the molecule is CN1C/C(=C/O)C(=O)c2ccccc21. The maximum atomic E-state index is 11.7. The molecule has 0 bridgehead atoms. The number of hydrogen-bond donors (Lipinski definition) is 1. The fraction of sp³-hybridized carbons (Fsp3) is 0.182. The van der Waals surface area contributed by atoms with Crippen LogP contribution in [0.25, 0.3) is 0 Å². The average molecular weight is 189 g/mol. The van der Waals surface area contributed by atoms with E-state index in [4.69, 9.17) is 5.11 Å². The van der Waals surface area contributed by atoms with Gasteiger partial charge in [0, 0.05) is 24.8 Å². The first-order valence-electron chi connectivity index (χ1n) is 4.42. The van der Waals surface area contributed by atoms with Crippen molar-refractivity contribution in [3.05, 3.63) is 41.7 Å². The number of Topliss-reactive ketones (excluding diaryl/α,β-unsaturated/α-hetero) is 1. The minimum atomic E-state index is -0.0822. The Labute approximate surface area is 82.3 Å². The van der Waals surface area contributed by atoms with Crippen molar-refractivity contribution in [2.75, 3.05) is 18.5 Å². The second kappa shape index (κ2) is 3.18. The van der Waals surface area contributed by atoms with E-state index in [-0.39, 0.29) is 5.78 Å². The van der Waals surface area contributed by atoms with Gasteiger partial charge in [-0.05, 0) is 12.1 Å². The zero-order chi connectivity index (χ0) is 10.1. The summed E-state index contributed by atoms with van der Waals surface area (Å²) in [4.78, 5) is 13.7. The van der Waals surface area contributed by atoms with Crippen molar-refractivity contribution in [1.29, 1.82) is 0 Å². The molecule has 0 unspecified atom stereocenters. The highest BCUT2D eigenvalue weighted by Gasteiger charge is 2.24. The van der Waals surface area contributed by atoms with Crippen molar-refractivity contribution in [2.24, 2.45) is 0 Å². The van der Waals surface area contributed by atoms with Crippen molar-refractivity contribution in [3.63, 3.8) is 0 Å². The van der Waals surface area contributed by atoms with Gasteiger partial charge >= 0.3 is 0 Å². The minimum absolute atomic E-state index is 0.0822. The van der Waals surface area contributed by atoms with Crippen LogP contribution in [-0.4, -0.2) is 24.5 Å². The van der Waals surface area contributed by atoms with Crippen LogP contribution in [0.3, 0.4) is 0 Å². The van der Waals surface area contributed by atoms with Gasteiger partial charge in [0.15, 0.2) is 5.78 Å². The predicted molar refractivity (Wildman–Crippen MR) is 54.8 cm³/mol. The monoisotopic (exact) mass is 189 g/mol. The molecule has 1 aromatic carbocycles. The molecule has 72 valence electrons. The molecule has 0 saturated carbocycles. The van der Waals surface area contributed by atoms with Gasteiger partial charge in [0.05, 0.1) is 11.8 Å². The lowest BCUT2D eigenvalue weighted by Gasteiger charge is -2.27. The highest BCUT2D eigenvalue weighted by Crippen LogP contribution is 2.27. The number of aliphatic hydroxyl groups is 1. The first-order valence-corrected chi connectivity index (χ1v) is 4.42. The molecule has 0 spiro atoms. The largest absolute Gasteiger partial charge is 0.515 e. The van der Waals surface area contributed by atoms with Crippen LogP contribution < -0.4 is 4.90 Å². The number of benzene rings is 1. The van der Waals surface area contributed by atoms with Gasteiger partial charge in [0.1, 0.15) is 0 Å². The molecule has 0 aromatic heterocycles. The molecule has 0 aliphatic carbocycles. The van der Waals surface area contributed by atoms with Crippen LogP contribution in [0.5, 0.6) is 0 Å². The second-order valence-electron chi connectivity index (χ2n) is 3.36. The van der Waals surface area contributed by atoms with Gasteiger partial charge in [-0.3, -0.25) is 4.79 Å². The Morgan fingerprint density at radius 2 is 2.14 bits per heavy atom. The van der Waals surface area contributed by atoms with Gasteiger partial charge < -0.3 is 10.0 Å². The van der Waals surface area contributed by atoms with Crippen LogP contribution in [0, 0.1) is 0 Å². The third-order valence-corrected chi connectivity index (χ3v) is 2.41. The van der Waals surface area contributed by atoms with E-state index in [1.54, 1.807) is 6.07 Å². The number of fused-ring (bicyclic) bond motifs is 1. The molecule has 1 heterocycles. The highest BCUT2D eigenvalue weighted by atomic mass is 16.2. The Morgan fingerprint density at radius 3 is 2.86 bits per heavy atom. The molecule has 2 rings (SSSR count). The van der Waals surface area contributed by atoms with E-state index < -0.39 is 0 Å². The van der Waals surface area contributed by atoms with E-state index in [9.17, 15) is 4.79 Å². The van der Waals surface area contributed by atoms with Crippen molar-refractivity contribution in [3.8, 4) is 0 Å². The summed E-state index contributed by atoms with van der Waals surface area (Å²) in [5, 5.41) is 8.90. The van der Waals surface area contributed by atoms with Crippen LogP contribution in [0.2, 0.25) is 0 Å². The summed E-state index contributed by atoms with van der Waals surface area (Å²) in [6.07, 6.45) is 0.898. The summed E-state index contributed by atoms with van der Waals surface area (Å²) in [6, 6.07) is 7.40. The van der Waals surface area contributed by atoms with Crippen molar-refractivity contribution in [1.82, 2.24) is 0 Å². The number of hydrogen-bond acceptors (Lipinski definition) is 3. The Balaban J connectivity index is 2.57. The number of aliphatic hydroxyl groups excluding tert-OH is 1. The first kappa shape index (κ1) is 8.81. The third-order valence-electron chi connectivity index (χ3n) is 2.41. The van der Waals surface area contributed by atoms with Crippen molar-refractivity contribution in [2.45, 2.75) is 0 Å². The Bertz CT molecular complexity index is 410. The van der Waals surface area contributed by atoms with Gasteiger partial charge in [-0.2, -0.15) is 0 Å². The number of carbonyl (C=O) groups excluding carboxylic acids is 1. The lowest BCUT2D eigenvalue weighted by atomic mass is 9.97. The molecule has 14 heavy (non-hydrogen) atoms. The molecule has 1 aliphatic heterocycles. The van der Waals surface area contributed by atoms with Crippen LogP contribution in [0.4, 0.5) is 5.69 Å². The number of para-hydroxylation sites is 1. The fourth-order valence-corrected chi connectivity index (χ4v) is 1.68. The lowest BCUT2D eigenvalue weighted by molar-refractivity contribution is 0.102. The number of carbonyl (C=O) groups is 1. The number of nitrogens with zero attached hydrogens (tertiary/aromatic N) is 1. The molecule has 3 nitrogen and oxygen atoms in total. The Hall–Kier alpha value is -1.77. The smallest absolute Gasteiger partial charge is 0.195 e. The van der Waals surface area contributed by atoms with Gasteiger partial charge in [-0.25, -0.2) is 0 Å². The van der Waals surface area contributed by atoms with E-state index in [0.717, 1.165) is 11.9 Å². The first-order chi connectivity index (χ1) is 6.74. The van der Waals surface area contributed by atoms with Gasteiger partial charge in [-0.15, -0.1) is 0 Å². The highest BCUT2D eigenvalue weighted by molar-refractivity contribution is 6.14. The zero-order valence-corrected chi connectivity index (χ0v) is 7.90. The summed E-state index contributed by atoms with van der Waals surface area (Å²) < 4.78 is 0. The van der Waals surface area contributed by atoms with E-state index >= 15 is 0 Å². The number of likely N-dealkylation sites (N-methyl/N-ethyl adjacent to an activating group) is 1. The van der Waals surface area contributed by atoms with E-state index in [1.807, 2.05) is 30.1 Å². The maximum absolute atomic E-state index is 11.7. The van der Waals surface area contributed by atoms with E-state index in [1.165, 1.54) is 0 Å². The summed E-state index contributed by atoms with van der Waals surface area (Å²) in [7, 11) is 1.90. The van der Waals surface area contributed by atoms with Crippen molar-refractivity contribution >= 4 is 11.5 Å². The predicted octanol–water partition coefficient (Wildman–Crippen LogP) is 1.76. The molecule has 3 heteroatoms. The molecular weight excluding hydrogens is 178 g/mol. The fourth-order valence-electron chi connectivity index (χ4n) is 1.68. The normalized spacial score (nSPS) is 18.5. The van der Waals surface area contributed by atoms with Crippen LogP contribution >= 0.6 is 0 Å². The average Bonchev–Trinajstić information content (AvgIpc) is 2.23. The van der Waals surface area contributed by atoms with Crippen LogP contribution in [-0.2, 0) is 0 Å². The molecule has 0 atom stereocenters. The maximum Gasteiger partial charge on any atom is 0.195 e. The molecule has 0 radical (unpaired) electrons. The van der Waals surface area contributed by atoms with Crippen molar-refractivity contribution < 1.29 is 9.90 Å². The van der Waals surface area contributed by atoms with Gasteiger partial charge in [-0.1, -0.05) is 12.1 Å². The van der Waals surface area contributed by atoms with Crippen LogP contribution in [0.1, 0.15) is 10.4 Å². The zero-order valence-electron chi connectivity index (χ0n) is 7.90. The number of rotatable bonds is 0. The summed E-state index contributed by atoms with van der Waals surface area (Å²) >= 11 is 0. The minimum Gasteiger partial charge on any atom is -0.515 e. The molecule has 1 aromatic rings. The Kier molecular flexibility index (Phi) is 2.00.